The van der Waals surface area contributed by atoms with Gasteiger partial charge in [0.25, 0.3) is 0 Å². The molecule has 3 N–H and O–H groups in total. The summed E-state index contributed by atoms with van der Waals surface area (Å²) in [6, 6.07) is 3.15. The molecule has 0 bridgehead atoms. The normalized spacial score (nSPS) is 11.5. The lowest BCUT2D eigenvalue weighted by atomic mass is 10.3. The number of halogens is 3. The lowest BCUT2D eigenvalue weighted by Crippen LogP contribution is -2.34. The highest BCUT2D eigenvalue weighted by Crippen LogP contribution is 2.35. The average Bonchev–Trinajstić information content (AvgIpc) is 2.45. The molecule has 0 fully saturated rings. The average molecular weight is 369 g/mol. The fourth-order valence-electron chi connectivity index (χ4n) is 1.57. The molecule has 1 aromatic carbocycles. The summed E-state index contributed by atoms with van der Waals surface area (Å²) in [4.78, 5) is 4.17. The minimum Gasteiger partial charge on any atom is -0.489 e. The van der Waals surface area contributed by atoms with Crippen molar-refractivity contribution in [3.63, 3.8) is 0 Å². The molecule has 0 amide bonds. The molecule has 0 heterocycles. The first-order valence-corrected chi connectivity index (χ1v) is 8.06. The van der Waals surface area contributed by atoms with E-state index in [1.165, 1.54) is 0 Å². The van der Waals surface area contributed by atoms with Crippen LogP contribution >= 0.6 is 34.8 Å². The number of nitrogens with one attached hydrogen (secondary N) is 1. The topological polar surface area (TPSA) is 68.9 Å². The van der Waals surface area contributed by atoms with Gasteiger partial charge in [-0.3, -0.25) is 4.99 Å². The van der Waals surface area contributed by atoms with E-state index in [0.29, 0.717) is 59.7 Å². The molecule has 1 rings (SSSR count). The predicted molar refractivity (Wildman–Crippen MR) is 92.6 cm³/mol. The molecule has 0 unspecified atom stereocenters. The standard InChI is InChI=1S/C14H20Cl3N3O2/c1-2-21-6-3-4-19-14(18)20-5-7-22-13-11(16)8-10(15)9-12(13)17/h8-9H,2-7H2,1H3,(H3,18,19,20). The monoisotopic (exact) mass is 367 g/mol. The van der Waals surface area contributed by atoms with E-state index >= 15 is 0 Å². The molecule has 5 nitrogen and oxygen atoms in total. The molecule has 124 valence electrons. The van der Waals surface area contributed by atoms with Crippen molar-refractivity contribution in [1.29, 1.82) is 0 Å². The van der Waals surface area contributed by atoms with Crippen molar-refractivity contribution in [3.05, 3.63) is 27.2 Å². The van der Waals surface area contributed by atoms with E-state index in [-0.39, 0.29) is 0 Å². The molecule has 0 aliphatic carbocycles. The Hall–Kier alpha value is -0.880. The quantitative estimate of drug-likeness (QED) is 0.398. The highest BCUT2D eigenvalue weighted by molar-refractivity contribution is 6.40. The van der Waals surface area contributed by atoms with Crippen LogP contribution < -0.4 is 15.8 Å². The molecule has 0 aliphatic rings. The van der Waals surface area contributed by atoms with Gasteiger partial charge in [-0.15, -0.1) is 0 Å². The molecule has 0 spiro atoms. The van der Waals surface area contributed by atoms with Gasteiger partial charge in [0.05, 0.1) is 16.6 Å². The molecule has 0 atom stereocenters. The Morgan fingerprint density at radius 1 is 1.23 bits per heavy atom. The van der Waals surface area contributed by atoms with Gasteiger partial charge >= 0.3 is 0 Å². The number of hydrogen-bond acceptors (Lipinski definition) is 3. The summed E-state index contributed by atoms with van der Waals surface area (Å²) in [5.41, 5.74) is 5.72. The van der Waals surface area contributed by atoms with Crippen LogP contribution in [0.3, 0.4) is 0 Å². The summed E-state index contributed by atoms with van der Waals surface area (Å²) in [7, 11) is 0. The number of nitrogens with two attached hydrogens (primary N) is 1. The Bertz CT molecular complexity index is 475. The summed E-state index contributed by atoms with van der Waals surface area (Å²) in [6.45, 7) is 4.80. The van der Waals surface area contributed by atoms with Crippen LogP contribution in [0.5, 0.6) is 5.75 Å². The molecule has 0 saturated carbocycles. The van der Waals surface area contributed by atoms with Crippen LogP contribution in [-0.2, 0) is 4.74 Å². The second kappa shape index (κ2) is 10.8. The van der Waals surface area contributed by atoms with Crippen LogP contribution in [0.25, 0.3) is 0 Å². The van der Waals surface area contributed by atoms with Crippen molar-refractivity contribution in [2.24, 2.45) is 10.7 Å². The molecule has 8 heteroatoms. The van der Waals surface area contributed by atoms with Crippen molar-refractivity contribution in [3.8, 4) is 5.75 Å². The van der Waals surface area contributed by atoms with Crippen molar-refractivity contribution in [2.75, 3.05) is 32.9 Å². The largest absolute Gasteiger partial charge is 0.489 e. The van der Waals surface area contributed by atoms with Gasteiger partial charge in [-0.25, -0.2) is 0 Å². The van der Waals surface area contributed by atoms with Gasteiger partial charge < -0.3 is 20.5 Å². The summed E-state index contributed by atoms with van der Waals surface area (Å²) in [5, 5.41) is 4.15. The maximum atomic E-state index is 6.01. The van der Waals surface area contributed by atoms with Crippen molar-refractivity contribution in [2.45, 2.75) is 13.3 Å². The molecule has 1 aromatic rings. The Labute approximate surface area is 145 Å². The highest BCUT2D eigenvalue weighted by atomic mass is 35.5. The molecule has 0 saturated heterocycles. The van der Waals surface area contributed by atoms with Crippen LogP contribution in [0, 0.1) is 0 Å². The predicted octanol–water partition coefficient (Wildman–Crippen LogP) is 3.36. The van der Waals surface area contributed by atoms with Crippen LogP contribution in [0.4, 0.5) is 0 Å². The first kappa shape index (κ1) is 19.2. The van der Waals surface area contributed by atoms with Crippen LogP contribution in [0.2, 0.25) is 15.1 Å². The number of rotatable bonds is 9. The van der Waals surface area contributed by atoms with Gasteiger partial charge in [0.15, 0.2) is 11.7 Å². The second-order valence-corrected chi connectivity index (χ2v) is 5.54. The zero-order valence-corrected chi connectivity index (χ0v) is 14.6. The lowest BCUT2D eigenvalue weighted by Gasteiger charge is -2.11. The fraction of sp³-hybridized carbons (Fsp3) is 0.500. The minimum atomic E-state index is 0.343. The van der Waals surface area contributed by atoms with Gasteiger partial charge in [-0.1, -0.05) is 34.8 Å². The number of hydrogen-bond donors (Lipinski definition) is 2. The van der Waals surface area contributed by atoms with E-state index < -0.39 is 0 Å². The minimum absolute atomic E-state index is 0.343. The maximum Gasteiger partial charge on any atom is 0.188 e. The number of ether oxygens (including phenoxy) is 2. The Morgan fingerprint density at radius 2 is 1.91 bits per heavy atom. The van der Waals surface area contributed by atoms with E-state index in [9.17, 15) is 0 Å². The summed E-state index contributed by atoms with van der Waals surface area (Å²) < 4.78 is 10.7. The first-order chi connectivity index (χ1) is 10.5. The van der Waals surface area contributed by atoms with E-state index in [1.54, 1.807) is 12.1 Å². The SMILES string of the molecule is CCOCCCN=C(N)NCCOc1c(Cl)cc(Cl)cc1Cl. The third-order valence-electron chi connectivity index (χ3n) is 2.55. The number of aliphatic imine (C=N–C) groups is 1. The zero-order valence-electron chi connectivity index (χ0n) is 12.4. The van der Waals surface area contributed by atoms with Gasteiger partial charge in [0, 0.05) is 24.8 Å². The smallest absolute Gasteiger partial charge is 0.188 e. The van der Waals surface area contributed by atoms with E-state index in [0.717, 1.165) is 6.42 Å². The van der Waals surface area contributed by atoms with Crippen LogP contribution in [0.15, 0.2) is 17.1 Å². The molecule has 22 heavy (non-hydrogen) atoms. The van der Waals surface area contributed by atoms with Gasteiger partial charge in [0.1, 0.15) is 6.61 Å². The summed E-state index contributed by atoms with van der Waals surface area (Å²) in [5.74, 6) is 0.773. The summed E-state index contributed by atoms with van der Waals surface area (Å²) in [6.07, 6.45) is 0.836. The third kappa shape index (κ3) is 7.40. The van der Waals surface area contributed by atoms with Crippen molar-refractivity contribution < 1.29 is 9.47 Å². The molecule has 0 aliphatic heterocycles. The van der Waals surface area contributed by atoms with Gasteiger partial charge in [0.2, 0.25) is 0 Å². The Kier molecular flexibility index (Phi) is 9.39. The first-order valence-electron chi connectivity index (χ1n) is 6.93. The van der Waals surface area contributed by atoms with Crippen molar-refractivity contribution in [1.82, 2.24) is 5.32 Å². The Morgan fingerprint density at radius 3 is 2.55 bits per heavy atom. The molecule has 0 aromatic heterocycles. The van der Waals surface area contributed by atoms with Crippen molar-refractivity contribution >= 4 is 40.8 Å². The summed E-state index contributed by atoms with van der Waals surface area (Å²) >= 11 is 17.9. The van der Waals surface area contributed by atoms with E-state index in [1.807, 2.05) is 6.92 Å². The third-order valence-corrected chi connectivity index (χ3v) is 3.33. The van der Waals surface area contributed by atoms with Crippen LogP contribution in [0.1, 0.15) is 13.3 Å². The molecular weight excluding hydrogens is 349 g/mol. The maximum absolute atomic E-state index is 6.01. The number of nitrogens with zero attached hydrogens (tertiary/aromatic N) is 1. The van der Waals surface area contributed by atoms with Crippen LogP contribution in [-0.4, -0.2) is 38.9 Å². The van der Waals surface area contributed by atoms with Gasteiger partial charge in [-0.2, -0.15) is 0 Å². The van der Waals surface area contributed by atoms with Gasteiger partial charge in [-0.05, 0) is 25.5 Å². The fourth-order valence-corrected chi connectivity index (χ4v) is 2.49. The molecule has 0 radical (unpaired) electrons. The second-order valence-electron chi connectivity index (χ2n) is 4.29. The van der Waals surface area contributed by atoms with E-state index in [4.69, 9.17) is 50.0 Å². The lowest BCUT2D eigenvalue weighted by molar-refractivity contribution is 0.146. The molecular formula is C14H20Cl3N3O2. The highest BCUT2D eigenvalue weighted by Gasteiger charge is 2.08. The van der Waals surface area contributed by atoms with E-state index in [2.05, 4.69) is 10.3 Å². The number of benzene rings is 1. The zero-order chi connectivity index (χ0) is 16.4. The Balaban J connectivity index is 2.26. The number of guanidine groups is 1.